The second kappa shape index (κ2) is 9.52. The van der Waals surface area contributed by atoms with Crippen LogP contribution in [0.2, 0.25) is 0 Å². The average Bonchev–Trinajstić information content (AvgIpc) is 2.20. The second-order valence-corrected chi connectivity index (χ2v) is 2.54. The van der Waals surface area contributed by atoms with Crippen LogP contribution in [0.15, 0.2) is 30.3 Å². The zero-order chi connectivity index (χ0) is 11.5. The summed E-state index contributed by atoms with van der Waals surface area (Å²) < 4.78 is 9.36. The van der Waals surface area contributed by atoms with Gasteiger partial charge >= 0.3 is 7.32 Å². The van der Waals surface area contributed by atoms with Crippen molar-refractivity contribution in [2.75, 3.05) is 13.2 Å². The number of hydrogen-bond acceptors (Lipinski definition) is 4. The summed E-state index contributed by atoms with van der Waals surface area (Å²) in [6.45, 7) is 5.67. The van der Waals surface area contributed by atoms with Crippen LogP contribution < -0.4 is 4.65 Å². The second-order valence-electron chi connectivity index (χ2n) is 2.54. The van der Waals surface area contributed by atoms with Gasteiger partial charge in [0, 0.05) is 13.2 Å². The van der Waals surface area contributed by atoms with Crippen molar-refractivity contribution in [1.29, 1.82) is 0 Å². The van der Waals surface area contributed by atoms with Crippen molar-refractivity contribution in [3.05, 3.63) is 30.3 Å². The van der Waals surface area contributed by atoms with Crippen LogP contribution >= 0.6 is 0 Å². The van der Waals surface area contributed by atoms with Gasteiger partial charge in [0.2, 0.25) is 0 Å². The monoisotopic (exact) mass is 212 g/mol. The quantitative estimate of drug-likeness (QED) is 0.733. The first-order valence-electron chi connectivity index (χ1n) is 4.86. The minimum atomic E-state index is -1.73. The minimum Gasteiger partial charge on any atom is -0.512 e. The Morgan fingerprint density at radius 1 is 1.07 bits per heavy atom. The van der Waals surface area contributed by atoms with E-state index in [2.05, 4.69) is 4.65 Å². The van der Waals surface area contributed by atoms with Gasteiger partial charge in [-0.3, -0.25) is 0 Å². The topological polar surface area (TPSA) is 58.9 Å². The van der Waals surface area contributed by atoms with Crippen molar-refractivity contribution in [2.24, 2.45) is 0 Å². The van der Waals surface area contributed by atoms with Gasteiger partial charge in [0.05, 0.1) is 0 Å². The first-order chi connectivity index (χ1) is 7.20. The SMILES string of the molecule is CCOCC.OB(O)Oc1ccccc1. The predicted octanol–water partition coefficient (Wildman–Crippen LogP) is 1.08. The number of rotatable bonds is 4. The van der Waals surface area contributed by atoms with Gasteiger partial charge in [0.15, 0.2) is 0 Å². The van der Waals surface area contributed by atoms with Gasteiger partial charge in [-0.05, 0) is 26.0 Å². The molecule has 0 fully saturated rings. The van der Waals surface area contributed by atoms with Crippen LogP contribution in [0.5, 0.6) is 5.75 Å². The Bertz CT molecular complexity index is 226. The van der Waals surface area contributed by atoms with E-state index in [0.29, 0.717) is 5.75 Å². The molecule has 0 aliphatic rings. The average molecular weight is 212 g/mol. The van der Waals surface area contributed by atoms with Crippen LogP contribution in [0.4, 0.5) is 0 Å². The highest BCUT2D eigenvalue weighted by Gasteiger charge is 2.09. The first-order valence-corrected chi connectivity index (χ1v) is 4.86. The van der Waals surface area contributed by atoms with Gasteiger partial charge in [0.1, 0.15) is 5.75 Å². The molecule has 0 heterocycles. The molecule has 0 spiro atoms. The lowest BCUT2D eigenvalue weighted by molar-refractivity contribution is 0.162. The molecule has 5 heteroatoms. The van der Waals surface area contributed by atoms with E-state index in [4.69, 9.17) is 14.8 Å². The molecule has 84 valence electrons. The summed E-state index contributed by atoms with van der Waals surface area (Å²) in [5.74, 6) is 0.442. The van der Waals surface area contributed by atoms with E-state index in [1.807, 2.05) is 19.9 Å². The van der Waals surface area contributed by atoms with E-state index < -0.39 is 7.32 Å². The minimum absolute atomic E-state index is 0.442. The lowest BCUT2D eigenvalue weighted by Crippen LogP contribution is -2.20. The molecule has 0 radical (unpaired) electrons. The molecule has 15 heavy (non-hydrogen) atoms. The van der Waals surface area contributed by atoms with Gasteiger partial charge in [-0.1, -0.05) is 18.2 Å². The smallest absolute Gasteiger partial charge is 0.512 e. The molecule has 0 saturated heterocycles. The summed E-state index contributed by atoms with van der Waals surface area (Å²) >= 11 is 0. The summed E-state index contributed by atoms with van der Waals surface area (Å²) in [7, 11) is -1.73. The fourth-order valence-corrected chi connectivity index (χ4v) is 0.825. The summed E-state index contributed by atoms with van der Waals surface area (Å²) in [6, 6.07) is 8.59. The van der Waals surface area contributed by atoms with Crippen molar-refractivity contribution in [2.45, 2.75) is 13.8 Å². The maximum Gasteiger partial charge on any atom is 0.707 e. The maximum atomic E-state index is 8.34. The van der Waals surface area contributed by atoms with Gasteiger partial charge < -0.3 is 19.4 Å². The lowest BCUT2D eigenvalue weighted by Gasteiger charge is -2.01. The van der Waals surface area contributed by atoms with E-state index in [-0.39, 0.29) is 0 Å². The zero-order valence-corrected chi connectivity index (χ0v) is 9.09. The highest BCUT2D eigenvalue weighted by atomic mass is 16.6. The van der Waals surface area contributed by atoms with E-state index in [1.54, 1.807) is 24.3 Å². The standard InChI is InChI=1S/C6H7BO3.C4H10O/c8-7(9)10-6-4-2-1-3-5-6;1-3-5-4-2/h1-5,8-9H;3-4H2,1-2H3. The van der Waals surface area contributed by atoms with Crippen LogP contribution in [0.1, 0.15) is 13.8 Å². The summed E-state index contributed by atoms with van der Waals surface area (Å²) in [6.07, 6.45) is 0. The normalized spacial score (nSPS) is 8.80. The van der Waals surface area contributed by atoms with Crippen molar-refractivity contribution in [1.82, 2.24) is 0 Å². The van der Waals surface area contributed by atoms with E-state index in [1.165, 1.54) is 0 Å². The Morgan fingerprint density at radius 2 is 1.60 bits per heavy atom. The molecule has 1 aromatic rings. The highest BCUT2D eigenvalue weighted by Crippen LogP contribution is 2.07. The van der Waals surface area contributed by atoms with Crippen molar-refractivity contribution >= 4 is 7.32 Å². The van der Waals surface area contributed by atoms with Crippen LogP contribution in [-0.4, -0.2) is 30.6 Å². The molecular weight excluding hydrogens is 195 g/mol. The Kier molecular flexibility index (Phi) is 8.86. The van der Waals surface area contributed by atoms with Crippen LogP contribution in [0, 0.1) is 0 Å². The number of hydrogen-bond donors (Lipinski definition) is 2. The molecule has 0 atom stereocenters. The molecule has 2 N–H and O–H groups in total. The predicted molar refractivity (Wildman–Crippen MR) is 59.4 cm³/mol. The summed E-state index contributed by atoms with van der Waals surface area (Å²) in [5, 5.41) is 16.7. The molecule has 1 rings (SSSR count). The van der Waals surface area contributed by atoms with Crippen LogP contribution in [-0.2, 0) is 4.74 Å². The summed E-state index contributed by atoms with van der Waals surface area (Å²) in [5.41, 5.74) is 0. The lowest BCUT2D eigenvalue weighted by atomic mass is 10.2. The van der Waals surface area contributed by atoms with Gasteiger partial charge in [-0.15, -0.1) is 0 Å². The molecular formula is C10H17BO4. The third-order valence-electron chi connectivity index (χ3n) is 1.39. The van der Waals surface area contributed by atoms with E-state index >= 15 is 0 Å². The molecule has 0 aliphatic carbocycles. The third kappa shape index (κ3) is 9.27. The largest absolute Gasteiger partial charge is 0.707 e. The number of para-hydroxylation sites is 1. The fraction of sp³-hybridized carbons (Fsp3) is 0.400. The van der Waals surface area contributed by atoms with Gasteiger partial charge in [-0.2, -0.15) is 0 Å². The molecule has 0 saturated carbocycles. The molecule has 0 unspecified atom stereocenters. The highest BCUT2D eigenvalue weighted by molar-refractivity contribution is 6.33. The Hall–Kier alpha value is -1.04. The van der Waals surface area contributed by atoms with E-state index in [9.17, 15) is 0 Å². The Labute approximate surface area is 90.6 Å². The number of benzene rings is 1. The molecule has 1 aromatic carbocycles. The van der Waals surface area contributed by atoms with Crippen LogP contribution in [0.3, 0.4) is 0 Å². The third-order valence-corrected chi connectivity index (χ3v) is 1.39. The molecule has 4 nitrogen and oxygen atoms in total. The van der Waals surface area contributed by atoms with E-state index in [0.717, 1.165) is 13.2 Å². The molecule has 0 amide bonds. The van der Waals surface area contributed by atoms with Crippen molar-refractivity contribution < 1.29 is 19.4 Å². The summed E-state index contributed by atoms with van der Waals surface area (Å²) in [4.78, 5) is 0. The fourth-order valence-electron chi connectivity index (χ4n) is 0.825. The number of ether oxygens (including phenoxy) is 1. The molecule has 0 aliphatic heterocycles. The first kappa shape index (κ1) is 14.0. The van der Waals surface area contributed by atoms with Crippen molar-refractivity contribution in [3.8, 4) is 5.75 Å². The zero-order valence-electron chi connectivity index (χ0n) is 9.09. The van der Waals surface area contributed by atoms with Gasteiger partial charge in [-0.25, -0.2) is 0 Å². The Morgan fingerprint density at radius 3 is 1.93 bits per heavy atom. The van der Waals surface area contributed by atoms with Crippen molar-refractivity contribution in [3.63, 3.8) is 0 Å². The Balaban J connectivity index is 0.000000336. The van der Waals surface area contributed by atoms with Crippen LogP contribution in [0.25, 0.3) is 0 Å². The maximum absolute atomic E-state index is 8.34. The molecule has 0 aromatic heterocycles. The molecule has 0 bridgehead atoms. The van der Waals surface area contributed by atoms with Gasteiger partial charge in [0.25, 0.3) is 0 Å².